The molecule has 7 heteroatoms. The zero-order valence-electron chi connectivity index (χ0n) is 14.7. The van der Waals surface area contributed by atoms with Crippen molar-refractivity contribution in [2.24, 2.45) is 5.41 Å². The molecule has 0 aromatic heterocycles. The van der Waals surface area contributed by atoms with Gasteiger partial charge in [-0.25, -0.2) is 0 Å². The van der Waals surface area contributed by atoms with E-state index < -0.39 is 28.9 Å². The SMILES string of the molecule is CC1(C)C=C(CCS(C)(C[Si](C)(C)C)OS(=O)(=O)F)CCC1. The second-order valence-corrected chi connectivity index (χ2v) is 18.8. The minimum atomic E-state index is -4.89. The van der Waals surface area contributed by atoms with Gasteiger partial charge in [-0.15, -0.1) is 10.3 Å². The topological polar surface area (TPSA) is 43.4 Å². The minimum absolute atomic E-state index is 0.213. The first-order valence-electron chi connectivity index (χ1n) is 7.80. The highest BCUT2D eigenvalue weighted by Crippen LogP contribution is 2.51. The molecule has 3 nitrogen and oxygen atoms in total. The molecule has 1 unspecified atom stereocenters. The van der Waals surface area contributed by atoms with Crippen LogP contribution in [0, 0.1) is 5.41 Å². The first-order chi connectivity index (χ1) is 9.70. The third-order valence-electron chi connectivity index (χ3n) is 3.75. The van der Waals surface area contributed by atoms with Gasteiger partial charge in [0, 0.05) is 5.75 Å². The van der Waals surface area contributed by atoms with Crippen molar-refractivity contribution in [1.29, 1.82) is 0 Å². The van der Waals surface area contributed by atoms with Crippen LogP contribution in [0.25, 0.3) is 0 Å². The predicted octanol–water partition coefficient (Wildman–Crippen LogP) is 4.97. The van der Waals surface area contributed by atoms with Crippen molar-refractivity contribution in [2.45, 2.75) is 59.2 Å². The van der Waals surface area contributed by atoms with Gasteiger partial charge in [-0.1, -0.05) is 49.0 Å². The van der Waals surface area contributed by atoms with Crippen molar-refractivity contribution in [3.8, 4) is 0 Å². The second-order valence-electron chi connectivity index (χ2n) is 8.45. The molecule has 0 saturated carbocycles. The summed E-state index contributed by atoms with van der Waals surface area (Å²) < 4.78 is 40.1. The fourth-order valence-corrected chi connectivity index (χ4v) is 14.3. The summed E-state index contributed by atoms with van der Waals surface area (Å²) in [5.41, 5.74) is 1.58. The van der Waals surface area contributed by atoms with Gasteiger partial charge in [0.05, 0.1) is 8.07 Å². The molecule has 0 saturated heterocycles. The van der Waals surface area contributed by atoms with E-state index in [1.807, 2.05) is 6.26 Å². The Balaban J connectivity index is 2.83. The summed E-state index contributed by atoms with van der Waals surface area (Å²) in [6, 6.07) is 0. The first-order valence-corrected chi connectivity index (χ1v) is 15.1. The quantitative estimate of drug-likeness (QED) is 0.361. The molecule has 1 aliphatic rings. The third kappa shape index (κ3) is 8.13. The monoisotopic (exact) mass is 370 g/mol. The van der Waals surface area contributed by atoms with Crippen LogP contribution < -0.4 is 0 Å². The van der Waals surface area contributed by atoms with Gasteiger partial charge in [0.2, 0.25) is 0 Å². The van der Waals surface area contributed by atoms with Crippen LogP contribution in [0.1, 0.15) is 39.5 Å². The van der Waals surface area contributed by atoms with Crippen LogP contribution in [0.15, 0.2) is 11.6 Å². The van der Waals surface area contributed by atoms with E-state index in [-0.39, 0.29) is 5.41 Å². The van der Waals surface area contributed by atoms with E-state index in [1.54, 1.807) is 0 Å². The van der Waals surface area contributed by atoms with Gasteiger partial charge >= 0.3 is 10.5 Å². The van der Waals surface area contributed by atoms with E-state index in [9.17, 15) is 12.3 Å². The predicted molar refractivity (Wildman–Crippen MR) is 98.0 cm³/mol. The van der Waals surface area contributed by atoms with Crippen molar-refractivity contribution in [3.63, 3.8) is 0 Å². The standard InChI is InChI=1S/C15H31FO3S2Si/c1-15(2)10-7-8-14(12-15)9-11-20(3,13-22(4,5)6)19-21(16,17)18/h12H,7-11,13H2,1-6H3. The smallest absolute Gasteiger partial charge is 0.195 e. The molecule has 0 amide bonds. The Morgan fingerprint density at radius 3 is 2.36 bits per heavy atom. The Morgan fingerprint density at radius 2 is 1.91 bits per heavy atom. The Bertz CT molecular complexity index is 523. The molecule has 0 fully saturated rings. The molecular formula is C15H31FO3S2Si. The molecule has 0 heterocycles. The first kappa shape index (κ1) is 20.2. The fraction of sp³-hybridized carbons (Fsp3) is 0.867. The number of hydrogen-bond acceptors (Lipinski definition) is 3. The summed E-state index contributed by atoms with van der Waals surface area (Å²) in [4.78, 5) is 0. The molecule has 0 bridgehead atoms. The largest absolute Gasteiger partial charge is 0.446 e. The highest BCUT2D eigenvalue weighted by Gasteiger charge is 2.33. The Kier molecular flexibility index (Phi) is 6.38. The molecule has 1 aliphatic carbocycles. The molecule has 0 aliphatic heterocycles. The maximum atomic E-state index is 13.1. The van der Waals surface area contributed by atoms with Gasteiger partial charge in [0.25, 0.3) is 0 Å². The van der Waals surface area contributed by atoms with E-state index >= 15 is 0 Å². The van der Waals surface area contributed by atoms with Crippen molar-refractivity contribution in [3.05, 3.63) is 11.6 Å². The number of halogens is 1. The lowest BCUT2D eigenvalue weighted by Gasteiger charge is -2.38. The lowest BCUT2D eigenvalue weighted by atomic mass is 9.79. The van der Waals surface area contributed by atoms with Crippen LogP contribution in [0.5, 0.6) is 0 Å². The molecule has 0 N–H and O–H groups in total. The average Bonchev–Trinajstić information content (AvgIpc) is 2.19. The molecular weight excluding hydrogens is 339 g/mol. The van der Waals surface area contributed by atoms with Crippen LogP contribution in [0.4, 0.5) is 3.89 Å². The van der Waals surface area contributed by atoms with E-state index in [0.717, 1.165) is 12.8 Å². The molecule has 132 valence electrons. The van der Waals surface area contributed by atoms with E-state index in [1.165, 1.54) is 18.4 Å². The molecule has 1 rings (SSSR count). The van der Waals surface area contributed by atoms with Crippen LogP contribution in [0.2, 0.25) is 19.6 Å². The molecule has 0 spiro atoms. The molecule has 22 heavy (non-hydrogen) atoms. The van der Waals surface area contributed by atoms with E-state index in [0.29, 0.717) is 11.1 Å². The van der Waals surface area contributed by atoms with E-state index in [4.69, 9.17) is 3.63 Å². The summed E-state index contributed by atoms with van der Waals surface area (Å²) >= 11 is 0. The molecule has 0 aromatic carbocycles. The van der Waals surface area contributed by atoms with Crippen LogP contribution in [-0.4, -0.2) is 33.9 Å². The summed E-state index contributed by atoms with van der Waals surface area (Å²) in [5, 5.41) is 0.708. The normalized spacial score (nSPS) is 23.5. The van der Waals surface area contributed by atoms with Crippen molar-refractivity contribution >= 4 is 28.9 Å². The molecule has 0 aromatic rings. The number of allylic oxidation sites excluding steroid dienone is 2. The lowest BCUT2D eigenvalue weighted by molar-refractivity contribution is 0.394. The van der Waals surface area contributed by atoms with Crippen LogP contribution in [-0.2, 0) is 14.1 Å². The maximum absolute atomic E-state index is 13.1. The Morgan fingerprint density at radius 1 is 1.32 bits per heavy atom. The fourth-order valence-electron chi connectivity index (χ4n) is 3.25. The van der Waals surface area contributed by atoms with Crippen molar-refractivity contribution < 1.29 is 15.9 Å². The third-order valence-corrected chi connectivity index (χ3v) is 12.7. The minimum Gasteiger partial charge on any atom is -0.195 e. The zero-order chi connectivity index (χ0) is 17.2. The lowest BCUT2D eigenvalue weighted by Crippen LogP contribution is -2.32. The highest BCUT2D eigenvalue weighted by molar-refractivity contribution is 8.33. The van der Waals surface area contributed by atoms with Crippen LogP contribution >= 0.6 is 10.3 Å². The van der Waals surface area contributed by atoms with Crippen LogP contribution in [0.3, 0.4) is 0 Å². The van der Waals surface area contributed by atoms with Gasteiger partial charge in [-0.2, -0.15) is 12.0 Å². The summed E-state index contributed by atoms with van der Waals surface area (Å²) in [6.45, 7) is 10.9. The van der Waals surface area contributed by atoms with Gasteiger partial charge in [0.1, 0.15) is 0 Å². The second kappa shape index (κ2) is 6.95. The summed E-state index contributed by atoms with van der Waals surface area (Å²) in [5.74, 6) is 0.627. The maximum Gasteiger partial charge on any atom is 0.446 e. The summed E-state index contributed by atoms with van der Waals surface area (Å²) in [6.07, 6.45) is 8.36. The number of hydrogen-bond donors (Lipinski definition) is 0. The van der Waals surface area contributed by atoms with E-state index in [2.05, 4.69) is 39.6 Å². The van der Waals surface area contributed by atoms with Gasteiger partial charge < -0.3 is 0 Å². The number of rotatable bonds is 7. The van der Waals surface area contributed by atoms with Gasteiger partial charge in [-0.3, -0.25) is 0 Å². The van der Waals surface area contributed by atoms with Gasteiger partial charge in [0.15, 0.2) is 0 Å². The summed E-state index contributed by atoms with van der Waals surface area (Å²) in [7, 11) is -8.37. The molecule has 0 radical (unpaired) electrons. The zero-order valence-corrected chi connectivity index (χ0v) is 17.4. The highest BCUT2D eigenvalue weighted by atomic mass is 32.3. The average molecular weight is 371 g/mol. The Hall–Kier alpha value is 0.147. The Labute approximate surface area is 138 Å². The van der Waals surface area contributed by atoms with Gasteiger partial charge in [-0.05, 0) is 42.7 Å². The van der Waals surface area contributed by atoms with Crippen molar-refractivity contribution in [2.75, 3.05) is 17.4 Å². The van der Waals surface area contributed by atoms with Crippen molar-refractivity contribution in [1.82, 2.24) is 0 Å². The molecule has 1 atom stereocenters.